The van der Waals surface area contributed by atoms with E-state index in [9.17, 15) is 13.2 Å². The molecule has 27 heavy (non-hydrogen) atoms. The van der Waals surface area contributed by atoms with Gasteiger partial charge in [0, 0.05) is 5.02 Å². The van der Waals surface area contributed by atoms with Crippen LogP contribution in [-0.4, -0.2) is 27.1 Å². The van der Waals surface area contributed by atoms with Crippen LogP contribution in [0.1, 0.15) is 35.6 Å². The van der Waals surface area contributed by atoms with Crippen molar-refractivity contribution in [1.82, 2.24) is 5.32 Å². The van der Waals surface area contributed by atoms with Crippen molar-refractivity contribution in [3.05, 3.63) is 64.2 Å². The normalized spacial score (nSPS) is 16.5. The summed E-state index contributed by atoms with van der Waals surface area (Å²) in [6, 6.07) is 12.9. The predicted molar refractivity (Wildman–Crippen MR) is 109 cm³/mol. The average molecular weight is 407 g/mol. The Bertz CT molecular complexity index is 959. The van der Waals surface area contributed by atoms with Crippen molar-refractivity contribution in [1.29, 1.82) is 0 Å². The minimum absolute atomic E-state index is 0.0878. The number of carbonyl (C=O) groups is 1. The molecule has 0 unspecified atom stereocenters. The standard InChI is InChI=1S/C20H23ClN2O3S/c1-14-12-16(21)10-11-19(14)23(27(2,25)26)13-20(24)22-18-9-5-7-15-6-3-4-8-17(15)18/h3-4,6,8,10-12,18H,5,7,9,13H2,1-2H3,(H,22,24)/t18-/m0/s1. The van der Waals surface area contributed by atoms with Gasteiger partial charge in [-0.3, -0.25) is 9.10 Å². The molecule has 0 saturated heterocycles. The predicted octanol–water partition coefficient (Wildman–Crippen LogP) is 3.61. The fraction of sp³-hybridized carbons (Fsp3) is 0.350. The summed E-state index contributed by atoms with van der Waals surface area (Å²) in [4.78, 5) is 12.7. The summed E-state index contributed by atoms with van der Waals surface area (Å²) in [5.41, 5.74) is 3.51. The number of benzene rings is 2. The van der Waals surface area contributed by atoms with Gasteiger partial charge in [-0.1, -0.05) is 35.9 Å². The highest BCUT2D eigenvalue weighted by molar-refractivity contribution is 7.92. The number of sulfonamides is 1. The number of hydrogen-bond acceptors (Lipinski definition) is 3. The molecular formula is C20H23ClN2O3S. The molecule has 1 amide bonds. The molecule has 7 heteroatoms. The lowest BCUT2D eigenvalue weighted by Gasteiger charge is -2.28. The Hall–Kier alpha value is -2.05. The van der Waals surface area contributed by atoms with Gasteiger partial charge in [-0.15, -0.1) is 0 Å². The molecule has 0 radical (unpaired) electrons. The number of carbonyl (C=O) groups excluding carboxylic acids is 1. The van der Waals surface area contributed by atoms with Gasteiger partial charge in [0.05, 0.1) is 18.0 Å². The summed E-state index contributed by atoms with van der Waals surface area (Å²) < 4.78 is 25.7. The van der Waals surface area contributed by atoms with Crippen LogP contribution in [0.4, 0.5) is 5.69 Å². The van der Waals surface area contributed by atoms with Crippen LogP contribution in [0.2, 0.25) is 5.02 Å². The van der Waals surface area contributed by atoms with Gasteiger partial charge in [0.15, 0.2) is 0 Å². The van der Waals surface area contributed by atoms with E-state index in [0.29, 0.717) is 16.3 Å². The van der Waals surface area contributed by atoms with Gasteiger partial charge in [0.1, 0.15) is 6.54 Å². The summed E-state index contributed by atoms with van der Waals surface area (Å²) in [6.45, 7) is 1.51. The fourth-order valence-electron chi connectivity index (χ4n) is 3.55. The lowest BCUT2D eigenvalue weighted by molar-refractivity contribution is -0.120. The molecular weight excluding hydrogens is 384 g/mol. The molecule has 0 saturated carbocycles. The van der Waals surface area contributed by atoms with Crippen LogP contribution in [-0.2, 0) is 21.2 Å². The smallest absolute Gasteiger partial charge is 0.241 e. The van der Waals surface area contributed by atoms with E-state index in [1.54, 1.807) is 25.1 Å². The molecule has 0 aliphatic heterocycles. The largest absolute Gasteiger partial charge is 0.348 e. The lowest BCUT2D eigenvalue weighted by Crippen LogP contribution is -2.42. The summed E-state index contributed by atoms with van der Waals surface area (Å²) >= 11 is 5.97. The maximum atomic E-state index is 12.7. The number of nitrogens with zero attached hydrogens (tertiary/aromatic N) is 1. The Morgan fingerprint density at radius 1 is 1.26 bits per heavy atom. The zero-order valence-electron chi connectivity index (χ0n) is 15.4. The molecule has 1 atom stereocenters. The van der Waals surface area contributed by atoms with Crippen molar-refractivity contribution >= 4 is 33.2 Å². The maximum Gasteiger partial charge on any atom is 0.241 e. The highest BCUT2D eigenvalue weighted by Gasteiger charge is 2.26. The molecule has 5 nitrogen and oxygen atoms in total. The number of anilines is 1. The quantitative estimate of drug-likeness (QED) is 0.824. The first-order valence-corrected chi connectivity index (χ1v) is 11.1. The van der Waals surface area contributed by atoms with E-state index in [1.807, 2.05) is 18.2 Å². The Morgan fingerprint density at radius 2 is 2.00 bits per heavy atom. The third-order valence-electron chi connectivity index (χ3n) is 4.82. The topological polar surface area (TPSA) is 66.5 Å². The van der Waals surface area contributed by atoms with E-state index >= 15 is 0 Å². The highest BCUT2D eigenvalue weighted by atomic mass is 35.5. The van der Waals surface area contributed by atoms with Crippen molar-refractivity contribution in [2.45, 2.75) is 32.2 Å². The molecule has 2 aromatic carbocycles. The minimum atomic E-state index is -3.62. The third-order valence-corrected chi connectivity index (χ3v) is 6.18. The van der Waals surface area contributed by atoms with Gasteiger partial charge in [0.2, 0.25) is 15.9 Å². The van der Waals surface area contributed by atoms with Crippen LogP contribution in [0.5, 0.6) is 0 Å². The molecule has 1 aliphatic rings. The van der Waals surface area contributed by atoms with Gasteiger partial charge in [-0.25, -0.2) is 8.42 Å². The van der Waals surface area contributed by atoms with Gasteiger partial charge in [-0.05, 0) is 61.1 Å². The van der Waals surface area contributed by atoms with Crippen LogP contribution in [0.15, 0.2) is 42.5 Å². The lowest BCUT2D eigenvalue weighted by atomic mass is 9.88. The summed E-state index contributed by atoms with van der Waals surface area (Å²) in [5, 5.41) is 3.53. The molecule has 2 aromatic rings. The van der Waals surface area contributed by atoms with Crippen molar-refractivity contribution in [3.63, 3.8) is 0 Å². The van der Waals surface area contributed by atoms with Crippen molar-refractivity contribution in [3.8, 4) is 0 Å². The Kier molecular flexibility index (Phi) is 5.77. The molecule has 0 bridgehead atoms. The van der Waals surface area contributed by atoms with Gasteiger partial charge in [-0.2, -0.15) is 0 Å². The van der Waals surface area contributed by atoms with Crippen LogP contribution < -0.4 is 9.62 Å². The Balaban J connectivity index is 1.80. The number of rotatable bonds is 5. The maximum absolute atomic E-state index is 12.7. The third kappa shape index (κ3) is 4.62. The van der Waals surface area contributed by atoms with Gasteiger partial charge < -0.3 is 5.32 Å². The molecule has 1 aliphatic carbocycles. The van der Waals surface area contributed by atoms with Crippen molar-refractivity contribution in [2.24, 2.45) is 0 Å². The summed E-state index contributed by atoms with van der Waals surface area (Å²) in [5.74, 6) is -0.323. The Labute approximate surface area is 165 Å². The molecule has 0 heterocycles. The molecule has 144 valence electrons. The van der Waals surface area contributed by atoms with E-state index in [2.05, 4.69) is 11.4 Å². The van der Waals surface area contributed by atoms with E-state index in [4.69, 9.17) is 11.6 Å². The van der Waals surface area contributed by atoms with Gasteiger partial charge >= 0.3 is 0 Å². The Morgan fingerprint density at radius 3 is 2.70 bits per heavy atom. The number of amides is 1. The van der Waals surface area contributed by atoms with Crippen molar-refractivity contribution in [2.75, 3.05) is 17.1 Å². The first-order chi connectivity index (χ1) is 12.8. The number of hydrogen-bond donors (Lipinski definition) is 1. The minimum Gasteiger partial charge on any atom is -0.348 e. The van der Waals surface area contributed by atoms with Crippen molar-refractivity contribution < 1.29 is 13.2 Å². The van der Waals surface area contributed by atoms with E-state index in [1.165, 1.54) is 5.56 Å². The van der Waals surface area contributed by atoms with Crippen LogP contribution >= 0.6 is 11.6 Å². The second-order valence-corrected chi connectivity index (χ2v) is 9.25. The zero-order chi connectivity index (χ0) is 19.6. The second-order valence-electron chi connectivity index (χ2n) is 6.91. The number of halogens is 1. The highest BCUT2D eigenvalue weighted by Crippen LogP contribution is 2.30. The monoisotopic (exact) mass is 406 g/mol. The average Bonchev–Trinajstić information content (AvgIpc) is 2.60. The number of nitrogens with one attached hydrogen (secondary N) is 1. The van der Waals surface area contributed by atoms with E-state index < -0.39 is 10.0 Å². The second kappa shape index (κ2) is 7.90. The van der Waals surface area contributed by atoms with E-state index in [-0.39, 0.29) is 18.5 Å². The SMILES string of the molecule is Cc1cc(Cl)ccc1N(CC(=O)N[C@H]1CCCc2ccccc21)S(C)(=O)=O. The molecule has 3 rings (SSSR count). The summed E-state index contributed by atoms with van der Waals surface area (Å²) in [7, 11) is -3.62. The molecule has 0 spiro atoms. The van der Waals surface area contributed by atoms with E-state index in [0.717, 1.165) is 35.4 Å². The fourth-order valence-corrected chi connectivity index (χ4v) is 4.69. The van der Waals surface area contributed by atoms with Crippen LogP contribution in [0.3, 0.4) is 0 Å². The molecule has 0 fully saturated rings. The first kappa shape index (κ1) is 19.7. The van der Waals surface area contributed by atoms with Crippen LogP contribution in [0, 0.1) is 6.92 Å². The molecule has 1 N–H and O–H groups in total. The van der Waals surface area contributed by atoms with Gasteiger partial charge in [0.25, 0.3) is 0 Å². The molecule has 0 aromatic heterocycles. The first-order valence-electron chi connectivity index (χ1n) is 8.87. The van der Waals surface area contributed by atoms with Crippen LogP contribution in [0.25, 0.3) is 0 Å². The number of aryl methyl sites for hydroxylation is 2. The summed E-state index contributed by atoms with van der Waals surface area (Å²) in [6.07, 6.45) is 3.95. The number of fused-ring (bicyclic) bond motifs is 1. The zero-order valence-corrected chi connectivity index (χ0v) is 17.0.